The Bertz CT molecular complexity index is 1290. The number of rotatable bonds is 40. The van der Waals surface area contributed by atoms with E-state index in [4.69, 9.17) is 18.5 Å². The van der Waals surface area contributed by atoms with Crippen LogP contribution in [0.5, 0.6) is 0 Å². The lowest BCUT2D eigenvalue weighted by molar-refractivity contribution is -0.220. The normalized spacial score (nSPS) is 22.1. The van der Waals surface area contributed by atoms with Crippen molar-refractivity contribution >= 4 is 19.8 Å². The second-order valence-electron chi connectivity index (χ2n) is 17.0. The van der Waals surface area contributed by atoms with Crippen LogP contribution in [0.25, 0.3) is 0 Å². The Morgan fingerprint density at radius 2 is 0.889 bits per heavy atom. The second-order valence-corrected chi connectivity index (χ2v) is 18.4. The molecule has 0 amide bonds. The van der Waals surface area contributed by atoms with Gasteiger partial charge in [-0.2, -0.15) is 0 Å². The van der Waals surface area contributed by atoms with Crippen molar-refractivity contribution < 1.29 is 63.1 Å². The highest BCUT2D eigenvalue weighted by Crippen LogP contribution is 2.47. The van der Waals surface area contributed by atoms with Crippen molar-refractivity contribution in [3.05, 3.63) is 48.6 Å². The fourth-order valence-corrected chi connectivity index (χ4v) is 8.19. The van der Waals surface area contributed by atoms with E-state index in [2.05, 4.69) is 62.5 Å². The van der Waals surface area contributed by atoms with E-state index in [1.54, 1.807) is 0 Å². The first-order valence-electron chi connectivity index (χ1n) is 24.4. The molecule has 0 aliphatic heterocycles. The molecule has 8 atom stereocenters. The number of unbranched alkanes of at least 4 members (excludes halogenated alkanes) is 20. The molecule has 13 nitrogen and oxygen atoms in total. The maximum Gasteiger partial charge on any atom is 0.472 e. The van der Waals surface area contributed by atoms with E-state index in [9.17, 15) is 44.6 Å². The minimum atomic E-state index is -5.13. The zero-order chi connectivity index (χ0) is 46.4. The molecule has 1 fully saturated rings. The van der Waals surface area contributed by atoms with Crippen LogP contribution >= 0.6 is 7.82 Å². The molecule has 6 N–H and O–H groups in total. The van der Waals surface area contributed by atoms with E-state index >= 15 is 0 Å². The lowest BCUT2D eigenvalue weighted by Crippen LogP contribution is -2.64. The van der Waals surface area contributed by atoms with E-state index in [1.807, 2.05) is 0 Å². The van der Waals surface area contributed by atoms with Crippen LogP contribution in [0, 0.1) is 0 Å². The molecule has 0 saturated heterocycles. The van der Waals surface area contributed by atoms with Gasteiger partial charge in [-0.05, 0) is 51.4 Å². The summed E-state index contributed by atoms with van der Waals surface area (Å²) in [5.74, 6) is -1.13. The third-order valence-corrected chi connectivity index (χ3v) is 12.1. The third-order valence-electron chi connectivity index (χ3n) is 11.2. The number of carbonyl (C=O) groups excluding carboxylic acids is 2. The molecular weight excluding hydrogens is 828 g/mol. The molecule has 63 heavy (non-hydrogen) atoms. The number of hydrogen-bond donors (Lipinski definition) is 6. The van der Waals surface area contributed by atoms with Crippen LogP contribution in [-0.4, -0.2) is 98.3 Å². The van der Waals surface area contributed by atoms with Crippen molar-refractivity contribution in [1.82, 2.24) is 0 Å². The average Bonchev–Trinajstić information content (AvgIpc) is 3.26. The molecule has 0 bridgehead atoms. The molecule has 0 spiro atoms. The Kier molecular flexibility index (Phi) is 36.4. The fraction of sp³-hybridized carbons (Fsp3) is 0.796. The summed E-state index contributed by atoms with van der Waals surface area (Å²) < 4.78 is 33.6. The summed E-state index contributed by atoms with van der Waals surface area (Å²) in [5, 5.41) is 50.2. The van der Waals surface area contributed by atoms with Crippen LogP contribution in [0.1, 0.15) is 194 Å². The molecular formula is C49H87O13P. The highest BCUT2D eigenvalue weighted by atomic mass is 31.2. The number of phosphoric ester groups is 1. The van der Waals surface area contributed by atoms with E-state index in [-0.39, 0.29) is 12.8 Å². The monoisotopic (exact) mass is 915 g/mol. The van der Waals surface area contributed by atoms with Gasteiger partial charge in [0.05, 0.1) is 6.61 Å². The van der Waals surface area contributed by atoms with Crippen LogP contribution in [-0.2, 0) is 32.7 Å². The van der Waals surface area contributed by atoms with Gasteiger partial charge in [-0.3, -0.25) is 18.6 Å². The van der Waals surface area contributed by atoms with Gasteiger partial charge in [-0.1, -0.05) is 178 Å². The topological polar surface area (TPSA) is 210 Å². The number of esters is 2. The summed E-state index contributed by atoms with van der Waals surface area (Å²) in [7, 11) is -5.13. The molecule has 1 aliphatic rings. The molecule has 0 radical (unpaired) electrons. The quantitative estimate of drug-likeness (QED) is 0.0147. The number of carbonyl (C=O) groups is 2. The summed E-state index contributed by atoms with van der Waals surface area (Å²) in [6.07, 6.45) is 33.0. The number of aliphatic hydroxyl groups excluding tert-OH is 5. The van der Waals surface area contributed by atoms with E-state index in [0.717, 1.165) is 64.2 Å². The highest BCUT2D eigenvalue weighted by molar-refractivity contribution is 7.47. The van der Waals surface area contributed by atoms with Crippen LogP contribution in [0.4, 0.5) is 0 Å². The number of aliphatic hydroxyl groups is 5. The van der Waals surface area contributed by atoms with Gasteiger partial charge in [0, 0.05) is 12.8 Å². The minimum Gasteiger partial charge on any atom is -0.462 e. The van der Waals surface area contributed by atoms with Gasteiger partial charge in [-0.15, -0.1) is 0 Å². The Morgan fingerprint density at radius 1 is 0.492 bits per heavy atom. The van der Waals surface area contributed by atoms with E-state index in [1.165, 1.54) is 89.9 Å². The summed E-state index contributed by atoms with van der Waals surface area (Å²) in [4.78, 5) is 35.8. The van der Waals surface area contributed by atoms with Crippen molar-refractivity contribution in [1.29, 1.82) is 0 Å². The molecule has 14 heteroatoms. The lowest BCUT2D eigenvalue weighted by Gasteiger charge is -2.41. The maximum absolute atomic E-state index is 12.8. The predicted octanol–water partition coefficient (Wildman–Crippen LogP) is 9.95. The van der Waals surface area contributed by atoms with Crippen molar-refractivity contribution in [3.8, 4) is 0 Å². The van der Waals surface area contributed by atoms with Crippen LogP contribution in [0.15, 0.2) is 48.6 Å². The number of hydrogen-bond acceptors (Lipinski definition) is 12. The lowest BCUT2D eigenvalue weighted by atomic mass is 9.85. The Balaban J connectivity index is 2.45. The van der Waals surface area contributed by atoms with Crippen LogP contribution in [0.3, 0.4) is 0 Å². The zero-order valence-electron chi connectivity index (χ0n) is 38.9. The predicted molar refractivity (Wildman–Crippen MR) is 249 cm³/mol. The van der Waals surface area contributed by atoms with Gasteiger partial charge in [0.1, 0.15) is 43.2 Å². The molecule has 1 saturated carbocycles. The summed E-state index contributed by atoms with van der Waals surface area (Å²) in [6, 6.07) is 0. The van der Waals surface area contributed by atoms with Crippen molar-refractivity contribution in [2.75, 3.05) is 13.2 Å². The summed E-state index contributed by atoms with van der Waals surface area (Å²) in [5.41, 5.74) is 0. The molecule has 0 aromatic carbocycles. The molecule has 1 rings (SSSR count). The third kappa shape index (κ3) is 31.4. The molecule has 0 aromatic heterocycles. The number of allylic oxidation sites excluding steroid dienone is 8. The van der Waals surface area contributed by atoms with Gasteiger partial charge in [0.15, 0.2) is 6.10 Å². The van der Waals surface area contributed by atoms with E-state index in [0.29, 0.717) is 12.8 Å². The zero-order valence-corrected chi connectivity index (χ0v) is 39.8. The van der Waals surface area contributed by atoms with Crippen LogP contribution in [0.2, 0.25) is 0 Å². The summed E-state index contributed by atoms with van der Waals surface area (Å²) >= 11 is 0. The minimum absolute atomic E-state index is 0.0594. The largest absolute Gasteiger partial charge is 0.472 e. The van der Waals surface area contributed by atoms with E-state index < -0.39 is 75.7 Å². The van der Waals surface area contributed by atoms with Gasteiger partial charge in [-0.25, -0.2) is 4.57 Å². The Labute approximate surface area is 380 Å². The Morgan fingerprint density at radius 3 is 1.37 bits per heavy atom. The Hall–Kier alpha value is -2.19. The standard InChI is InChI=1S/C49H87O13P/c1-3-5-7-9-11-13-15-17-19-21-23-25-27-29-31-33-35-37-42(50)59-39-41(40-60-63(57,58)62-49-47(55)45(53)44(52)46(54)48(49)56)61-43(51)38-36-34-32-30-28-26-24-22-20-18-16-14-12-10-8-6-4-2/h8,10,14,16,20,22,26,28,41,44-49,52-56H,3-7,9,11-13,15,17-19,21,23-25,27,29-40H2,1-2H3,(H,57,58)/b10-8+,16-14+,22-20+,28-26+/t41-,44?,45-,46?,47?,48?,49?/m0/s1. The summed E-state index contributed by atoms with van der Waals surface area (Å²) in [6.45, 7) is 3.22. The van der Waals surface area contributed by atoms with Gasteiger partial charge in [0.25, 0.3) is 0 Å². The molecule has 0 heterocycles. The molecule has 6 unspecified atom stereocenters. The SMILES string of the molecule is CCC/C=C/C/C=C/C/C=C/C/C=C/CCCCCC(=O)O[C@@H](COC(=O)CCCCCCCCCCCCCCCCCCC)COP(=O)(O)OC1C(O)C(O)C(O)[C@H](O)C1O. The van der Waals surface area contributed by atoms with Crippen molar-refractivity contribution in [3.63, 3.8) is 0 Å². The fourth-order valence-electron chi connectivity index (χ4n) is 7.22. The average molecular weight is 915 g/mol. The van der Waals surface area contributed by atoms with Crippen molar-refractivity contribution in [2.24, 2.45) is 0 Å². The van der Waals surface area contributed by atoms with Crippen LogP contribution < -0.4 is 0 Å². The number of ether oxygens (including phenoxy) is 2. The smallest absolute Gasteiger partial charge is 0.462 e. The molecule has 366 valence electrons. The molecule has 1 aliphatic carbocycles. The van der Waals surface area contributed by atoms with Gasteiger partial charge in [0.2, 0.25) is 0 Å². The van der Waals surface area contributed by atoms with Crippen molar-refractivity contribution in [2.45, 2.75) is 236 Å². The molecule has 0 aromatic rings. The van der Waals surface area contributed by atoms with Gasteiger partial charge < -0.3 is 39.9 Å². The first kappa shape index (κ1) is 58.8. The first-order valence-corrected chi connectivity index (χ1v) is 25.9. The van der Waals surface area contributed by atoms with Gasteiger partial charge >= 0.3 is 19.8 Å². The second kappa shape index (κ2) is 39.0. The number of phosphoric acid groups is 1. The highest BCUT2D eigenvalue weighted by Gasteiger charge is 2.51. The maximum atomic E-state index is 12.8. The first-order chi connectivity index (χ1) is 30.4.